The predicted octanol–water partition coefficient (Wildman–Crippen LogP) is 5.40. The Balaban J connectivity index is 1.55. The molecule has 1 N–H and O–H groups in total. The summed E-state index contributed by atoms with van der Waals surface area (Å²) in [5.41, 5.74) is 3.70. The lowest BCUT2D eigenvalue weighted by molar-refractivity contribution is 0.102. The number of fused-ring (bicyclic) bond motifs is 1. The van der Waals surface area contributed by atoms with Crippen molar-refractivity contribution in [2.45, 2.75) is 19.9 Å². The van der Waals surface area contributed by atoms with Crippen LogP contribution in [-0.4, -0.2) is 58.8 Å². The Kier molecular flexibility index (Phi) is 6.29. The van der Waals surface area contributed by atoms with Gasteiger partial charge in [0.2, 0.25) is 0 Å². The SMILES string of the molecule is CC(C)n1ncc2c(C(=O)Nc3cc(Cl)ccc3N3CCN(C)CC3)cc(-c3cccs3)nc21. The number of likely N-dealkylation sites (N-methyl/N-ethyl adjacent to an activating group) is 1. The third kappa shape index (κ3) is 4.41. The molecule has 3 aromatic heterocycles. The van der Waals surface area contributed by atoms with Gasteiger partial charge in [0.1, 0.15) is 0 Å². The van der Waals surface area contributed by atoms with Gasteiger partial charge in [0.25, 0.3) is 5.91 Å². The van der Waals surface area contributed by atoms with Crippen LogP contribution in [0.2, 0.25) is 5.02 Å². The van der Waals surface area contributed by atoms with Crippen molar-refractivity contribution in [3.63, 3.8) is 0 Å². The molecular formula is C25H27ClN6OS. The Bertz CT molecular complexity index is 1320. The molecule has 1 amide bonds. The molecule has 1 saturated heterocycles. The number of anilines is 2. The van der Waals surface area contributed by atoms with Crippen LogP contribution in [0.15, 0.2) is 48.0 Å². The van der Waals surface area contributed by atoms with E-state index in [4.69, 9.17) is 16.6 Å². The second kappa shape index (κ2) is 9.37. The molecule has 9 heteroatoms. The molecule has 5 rings (SSSR count). The molecule has 0 saturated carbocycles. The summed E-state index contributed by atoms with van der Waals surface area (Å²) < 4.78 is 1.86. The molecule has 4 heterocycles. The molecule has 0 spiro atoms. The lowest BCUT2D eigenvalue weighted by atomic mass is 10.1. The van der Waals surface area contributed by atoms with E-state index in [-0.39, 0.29) is 11.9 Å². The fourth-order valence-electron chi connectivity index (χ4n) is 4.26. The highest BCUT2D eigenvalue weighted by Gasteiger charge is 2.22. The summed E-state index contributed by atoms with van der Waals surface area (Å²) >= 11 is 7.93. The largest absolute Gasteiger partial charge is 0.367 e. The first-order valence-corrected chi connectivity index (χ1v) is 12.6. The summed E-state index contributed by atoms with van der Waals surface area (Å²) in [5.74, 6) is -0.203. The fourth-order valence-corrected chi connectivity index (χ4v) is 5.11. The number of pyridine rings is 1. The van der Waals surface area contributed by atoms with Crippen molar-refractivity contribution in [2.24, 2.45) is 0 Å². The van der Waals surface area contributed by atoms with E-state index in [0.717, 1.165) is 47.8 Å². The van der Waals surface area contributed by atoms with Crippen LogP contribution in [-0.2, 0) is 0 Å². The topological polar surface area (TPSA) is 66.3 Å². The number of amides is 1. The van der Waals surface area contributed by atoms with Gasteiger partial charge in [-0.2, -0.15) is 5.10 Å². The van der Waals surface area contributed by atoms with Gasteiger partial charge in [0.05, 0.1) is 39.1 Å². The lowest BCUT2D eigenvalue weighted by Crippen LogP contribution is -2.44. The molecule has 176 valence electrons. The molecule has 7 nitrogen and oxygen atoms in total. The Morgan fingerprint density at radius 2 is 1.94 bits per heavy atom. The average molecular weight is 495 g/mol. The van der Waals surface area contributed by atoms with Gasteiger partial charge in [0, 0.05) is 37.2 Å². The zero-order valence-corrected chi connectivity index (χ0v) is 21.0. The molecule has 0 unspecified atom stereocenters. The van der Waals surface area contributed by atoms with Crippen molar-refractivity contribution in [3.05, 3.63) is 58.6 Å². The van der Waals surface area contributed by atoms with Crippen molar-refractivity contribution in [1.82, 2.24) is 19.7 Å². The van der Waals surface area contributed by atoms with E-state index in [1.807, 2.05) is 46.5 Å². The van der Waals surface area contributed by atoms with E-state index in [1.165, 1.54) is 0 Å². The number of nitrogens with zero attached hydrogens (tertiary/aromatic N) is 5. The summed E-state index contributed by atoms with van der Waals surface area (Å²) in [5, 5.41) is 11.0. The van der Waals surface area contributed by atoms with Gasteiger partial charge >= 0.3 is 0 Å². The highest BCUT2D eigenvalue weighted by Crippen LogP contribution is 2.33. The Morgan fingerprint density at radius 1 is 1.15 bits per heavy atom. The van der Waals surface area contributed by atoms with Crippen LogP contribution < -0.4 is 10.2 Å². The summed E-state index contributed by atoms with van der Waals surface area (Å²) in [7, 11) is 2.12. The number of halogens is 1. The number of thiophene rings is 1. The van der Waals surface area contributed by atoms with Crippen molar-refractivity contribution in [3.8, 4) is 10.6 Å². The molecular weight excluding hydrogens is 468 g/mol. The Morgan fingerprint density at radius 3 is 2.65 bits per heavy atom. The molecule has 1 aromatic carbocycles. The van der Waals surface area contributed by atoms with E-state index in [2.05, 4.69) is 41.1 Å². The number of piperazine rings is 1. The van der Waals surface area contributed by atoms with Gasteiger partial charge in [-0.05, 0) is 56.6 Å². The summed E-state index contributed by atoms with van der Waals surface area (Å²) in [6, 6.07) is 11.7. The molecule has 0 aliphatic carbocycles. The summed E-state index contributed by atoms with van der Waals surface area (Å²) in [6.07, 6.45) is 1.73. The number of nitrogens with one attached hydrogen (secondary N) is 1. The molecule has 1 aliphatic heterocycles. The number of hydrogen-bond donors (Lipinski definition) is 1. The van der Waals surface area contributed by atoms with Gasteiger partial charge in [-0.3, -0.25) is 4.79 Å². The third-order valence-electron chi connectivity index (χ3n) is 6.12. The molecule has 4 aromatic rings. The van der Waals surface area contributed by atoms with Crippen molar-refractivity contribution in [1.29, 1.82) is 0 Å². The highest BCUT2D eigenvalue weighted by atomic mass is 35.5. The maximum Gasteiger partial charge on any atom is 0.256 e. The van der Waals surface area contributed by atoms with E-state index >= 15 is 0 Å². The van der Waals surface area contributed by atoms with Crippen LogP contribution in [0.25, 0.3) is 21.6 Å². The van der Waals surface area contributed by atoms with E-state index in [1.54, 1.807) is 17.5 Å². The summed E-state index contributed by atoms with van der Waals surface area (Å²) in [6.45, 7) is 7.84. The number of aromatic nitrogens is 3. The third-order valence-corrected chi connectivity index (χ3v) is 7.25. The minimum absolute atomic E-state index is 0.122. The van der Waals surface area contributed by atoms with E-state index < -0.39 is 0 Å². The Hall–Kier alpha value is -2.94. The first-order chi connectivity index (χ1) is 16.4. The van der Waals surface area contributed by atoms with Crippen LogP contribution in [0.4, 0.5) is 11.4 Å². The van der Waals surface area contributed by atoms with Crippen molar-refractivity contribution >= 4 is 51.3 Å². The molecule has 1 fully saturated rings. The van der Waals surface area contributed by atoms with Crippen LogP contribution >= 0.6 is 22.9 Å². The summed E-state index contributed by atoms with van der Waals surface area (Å²) in [4.78, 5) is 24.1. The average Bonchev–Trinajstić information content (AvgIpc) is 3.49. The maximum absolute atomic E-state index is 13.7. The number of carbonyl (C=O) groups is 1. The maximum atomic E-state index is 13.7. The Labute approximate surface area is 208 Å². The fraction of sp³-hybridized carbons (Fsp3) is 0.320. The first kappa shape index (κ1) is 22.8. The van der Waals surface area contributed by atoms with Gasteiger partial charge in [-0.25, -0.2) is 9.67 Å². The van der Waals surface area contributed by atoms with E-state index in [0.29, 0.717) is 21.9 Å². The minimum atomic E-state index is -0.203. The second-order valence-electron chi connectivity index (χ2n) is 8.86. The number of hydrogen-bond acceptors (Lipinski definition) is 6. The smallest absolute Gasteiger partial charge is 0.256 e. The van der Waals surface area contributed by atoms with Crippen molar-refractivity contribution < 1.29 is 4.79 Å². The van der Waals surface area contributed by atoms with Gasteiger partial charge < -0.3 is 15.1 Å². The quantitative estimate of drug-likeness (QED) is 0.402. The van der Waals surface area contributed by atoms with Crippen LogP contribution in [0.5, 0.6) is 0 Å². The molecule has 0 bridgehead atoms. The van der Waals surface area contributed by atoms with E-state index in [9.17, 15) is 4.79 Å². The van der Waals surface area contributed by atoms with Crippen molar-refractivity contribution in [2.75, 3.05) is 43.4 Å². The highest BCUT2D eigenvalue weighted by molar-refractivity contribution is 7.13. The minimum Gasteiger partial charge on any atom is -0.367 e. The lowest BCUT2D eigenvalue weighted by Gasteiger charge is -2.35. The van der Waals surface area contributed by atoms with Crippen LogP contribution in [0.1, 0.15) is 30.2 Å². The van der Waals surface area contributed by atoms with Crippen LogP contribution in [0, 0.1) is 0 Å². The second-order valence-corrected chi connectivity index (χ2v) is 10.2. The standard InChI is InChI=1S/C25H27ClN6OS/c1-16(2)32-24-19(15-27-32)18(14-21(28-24)23-5-4-12-34-23)25(33)29-20-13-17(26)6-7-22(20)31-10-8-30(3)9-11-31/h4-7,12-16H,8-11H2,1-3H3,(H,29,33). The number of benzene rings is 1. The number of carbonyl (C=O) groups excluding carboxylic acids is 1. The normalized spacial score (nSPS) is 14.8. The van der Waals surface area contributed by atoms with Gasteiger partial charge in [0.15, 0.2) is 5.65 Å². The zero-order valence-electron chi connectivity index (χ0n) is 19.5. The zero-order chi connectivity index (χ0) is 23.8. The molecule has 34 heavy (non-hydrogen) atoms. The predicted molar refractivity (Wildman–Crippen MR) is 140 cm³/mol. The molecule has 0 radical (unpaired) electrons. The first-order valence-electron chi connectivity index (χ1n) is 11.4. The molecule has 0 atom stereocenters. The van der Waals surface area contributed by atoms with Gasteiger partial charge in [-0.15, -0.1) is 11.3 Å². The molecule has 1 aliphatic rings. The number of rotatable bonds is 5. The van der Waals surface area contributed by atoms with Crippen LogP contribution in [0.3, 0.4) is 0 Å². The monoisotopic (exact) mass is 494 g/mol. The van der Waals surface area contributed by atoms with Gasteiger partial charge in [-0.1, -0.05) is 17.7 Å².